The summed E-state index contributed by atoms with van der Waals surface area (Å²) < 4.78 is 14.6. The highest BCUT2D eigenvalue weighted by molar-refractivity contribution is 5.83. The minimum absolute atomic E-state index is 0.0618. The fourth-order valence-corrected chi connectivity index (χ4v) is 4.47. The minimum atomic E-state index is -0.432. The Morgan fingerprint density at radius 1 is 1.13 bits per heavy atom. The maximum atomic E-state index is 13.2. The van der Waals surface area contributed by atoms with Crippen LogP contribution < -0.4 is 15.5 Å². The van der Waals surface area contributed by atoms with Crippen molar-refractivity contribution in [1.29, 1.82) is 0 Å². The highest BCUT2D eigenvalue weighted by Gasteiger charge is 2.34. The number of H-pyrrole nitrogens is 1. The number of aromatic nitrogens is 7. The number of nitrogens with one attached hydrogen (secondary N) is 3. The lowest BCUT2D eigenvalue weighted by Crippen LogP contribution is -2.54. The molecule has 3 N–H and O–H groups in total. The van der Waals surface area contributed by atoms with Crippen LogP contribution in [0.1, 0.15) is 49.6 Å². The lowest BCUT2D eigenvalue weighted by molar-refractivity contribution is -0.124. The van der Waals surface area contributed by atoms with E-state index in [-0.39, 0.29) is 17.4 Å². The summed E-state index contributed by atoms with van der Waals surface area (Å²) >= 11 is 0. The van der Waals surface area contributed by atoms with E-state index in [9.17, 15) is 9.18 Å². The zero-order chi connectivity index (χ0) is 26.9. The third-order valence-electron chi connectivity index (χ3n) is 6.83. The quantitative estimate of drug-likeness (QED) is 0.339. The molecule has 4 aromatic heterocycles. The van der Waals surface area contributed by atoms with Gasteiger partial charge in [-0.3, -0.25) is 9.89 Å². The topological polar surface area (TPSA) is 130 Å². The van der Waals surface area contributed by atoms with Crippen LogP contribution in [0.4, 0.5) is 22.0 Å². The van der Waals surface area contributed by atoms with Crippen molar-refractivity contribution in [3.05, 3.63) is 65.6 Å². The third kappa shape index (κ3) is 5.63. The van der Waals surface area contributed by atoms with Crippen LogP contribution in [-0.2, 0) is 4.79 Å². The van der Waals surface area contributed by atoms with Crippen molar-refractivity contribution in [2.24, 2.45) is 0 Å². The molecule has 1 amide bonds. The molecular formula is C26H31FN10O. The van der Waals surface area contributed by atoms with Gasteiger partial charge in [-0.2, -0.15) is 15.2 Å². The minimum Gasteiger partial charge on any atom is -0.350 e. The Labute approximate surface area is 219 Å². The second kappa shape index (κ2) is 10.2. The second-order valence-corrected chi connectivity index (χ2v) is 10.1. The van der Waals surface area contributed by atoms with E-state index in [1.54, 1.807) is 12.3 Å². The number of amides is 1. The Bertz CT molecular complexity index is 1420. The second-order valence-electron chi connectivity index (χ2n) is 10.1. The molecule has 11 nitrogen and oxygen atoms in total. The Hall–Kier alpha value is -4.35. The lowest BCUT2D eigenvalue weighted by Gasteiger charge is -2.40. The molecular weight excluding hydrogens is 487 g/mol. The molecule has 0 aliphatic carbocycles. The van der Waals surface area contributed by atoms with Crippen LogP contribution in [0.2, 0.25) is 0 Å². The van der Waals surface area contributed by atoms with Crippen LogP contribution in [-0.4, -0.2) is 59.5 Å². The van der Waals surface area contributed by atoms with E-state index in [1.165, 1.54) is 10.9 Å². The molecule has 0 radical (unpaired) electrons. The summed E-state index contributed by atoms with van der Waals surface area (Å²) in [5.74, 6) is 1.65. The molecule has 1 unspecified atom stereocenters. The van der Waals surface area contributed by atoms with Crippen molar-refractivity contribution in [2.45, 2.75) is 52.0 Å². The Balaban J connectivity index is 1.19. The van der Waals surface area contributed by atoms with E-state index in [4.69, 9.17) is 4.98 Å². The summed E-state index contributed by atoms with van der Waals surface area (Å²) in [4.78, 5) is 28.9. The molecule has 1 fully saturated rings. The average molecular weight is 519 g/mol. The highest BCUT2D eigenvalue weighted by atomic mass is 19.1. The number of piperidine rings is 1. The first kappa shape index (κ1) is 25.3. The summed E-state index contributed by atoms with van der Waals surface area (Å²) in [7, 11) is 0. The van der Waals surface area contributed by atoms with Crippen LogP contribution in [0.15, 0.2) is 42.9 Å². The van der Waals surface area contributed by atoms with Crippen LogP contribution in [0, 0.1) is 19.7 Å². The van der Waals surface area contributed by atoms with Gasteiger partial charge in [-0.15, -0.1) is 0 Å². The first-order valence-corrected chi connectivity index (χ1v) is 12.6. The normalized spacial score (nSPS) is 15.8. The van der Waals surface area contributed by atoms with Gasteiger partial charge in [-0.1, -0.05) is 6.07 Å². The maximum absolute atomic E-state index is 13.2. The third-order valence-corrected chi connectivity index (χ3v) is 6.83. The molecule has 12 heteroatoms. The van der Waals surface area contributed by atoms with Crippen molar-refractivity contribution in [2.75, 3.05) is 23.3 Å². The number of aromatic amines is 1. The number of anilines is 3. The predicted molar refractivity (Wildman–Crippen MR) is 141 cm³/mol. The van der Waals surface area contributed by atoms with Gasteiger partial charge < -0.3 is 15.5 Å². The Morgan fingerprint density at radius 2 is 1.92 bits per heavy atom. The standard InChI is InChI=1S/C26H31FN10O/c1-16-11-21(31-22-12-17(2)34-35-22)32-25(30-16)36-9-7-26(4,8-10-36)33-24(38)18(3)19-5-6-23(28-13-19)37-15-20(27)14-29-37/h5-6,11-15,18H,7-10H2,1-4H3,(H,33,38)(H2,30,31,32,34,35). The van der Waals surface area contributed by atoms with Crippen molar-refractivity contribution in [1.82, 2.24) is 40.2 Å². The summed E-state index contributed by atoms with van der Waals surface area (Å²) in [5, 5.41) is 17.5. The van der Waals surface area contributed by atoms with E-state index in [0.717, 1.165) is 36.0 Å². The molecule has 4 aromatic rings. The largest absolute Gasteiger partial charge is 0.350 e. The van der Waals surface area contributed by atoms with E-state index in [2.05, 4.69) is 47.7 Å². The van der Waals surface area contributed by atoms with Crippen molar-refractivity contribution >= 4 is 23.5 Å². The van der Waals surface area contributed by atoms with Crippen LogP contribution in [0.5, 0.6) is 0 Å². The van der Waals surface area contributed by atoms with Gasteiger partial charge in [-0.25, -0.2) is 19.0 Å². The molecule has 198 valence electrons. The smallest absolute Gasteiger partial charge is 0.227 e. The summed E-state index contributed by atoms with van der Waals surface area (Å²) in [6.45, 7) is 9.24. The van der Waals surface area contributed by atoms with Crippen LogP contribution in [0.3, 0.4) is 0 Å². The molecule has 1 atom stereocenters. The number of nitrogens with zero attached hydrogens (tertiary/aromatic N) is 7. The molecule has 0 aromatic carbocycles. The zero-order valence-corrected chi connectivity index (χ0v) is 21.9. The zero-order valence-electron chi connectivity index (χ0n) is 21.9. The van der Waals surface area contributed by atoms with E-state index >= 15 is 0 Å². The van der Waals surface area contributed by atoms with Gasteiger partial charge in [0.1, 0.15) is 5.82 Å². The molecule has 1 aliphatic rings. The molecule has 1 saturated heterocycles. The average Bonchev–Trinajstić information content (AvgIpc) is 3.51. The summed E-state index contributed by atoms with van der Waals surface area (Å²) in [6, 6.07) is 7.35. The molecule has 5 heterocycles. The number of hydrogen-bond acceptors (Lipinski definition) is 8. The van der Waals surface area contributed by atoms with Crippen molar-refractivity contribution in [3.8, 4) is 5.82 Å². The molecule has 0 saturated carbocycles. The molecule has 5 rings (SSSR count). The van der Waals surface area contributed by atoms with Gasteiger partial charge in [0.25, 0.3) is 0 Å². The van der Waals surface area contributed by atoms with Gasteiger partial charge in [0.2, 0.25) is 11.9 Å². The van der Waals surface area contributed by atoms with Gasteiger partial charge >= 0.3 is 0 Å². The fraction of sp³-hybridized carbons (Fsp3) is 0.385. The van der Waals surface area contributed by atoms with Crippen molar-refractivity contribution < 1.29 is 9.18 Å². The van der Waals surface area contributed by atoms with Gasteiger partial charge in [-0.05, 0) is 52.2 Å². The van der Waals surface area contributed by atoms with E-state index in [1.807, 2.05) is 39.0 Å². The number of carbonyl (C=O) groups excluding carboxylic acids is 1. The SMILES string of the molecule is Cc1cc(Nc2cc(C)[nH]n2)nc(N2CCC(C)(NC(=O)C(C)c3ccc(-n4cc(F)cn4)nc3)CC2)n1. The van der Waals surface area contributed by atoms with E-state index < -0.39 is 5.82 Å². The fourth-order valence-electron chi connectivity index (χ4n) is 4.47. The number of carbonyl (C=O) groups is 1. The monoisotopic (exact) mass is 518 g/mol. The maximum Gasteiger partial charge on any atom is 0.227 e. The number of rotatable bonds is 7. The van der Waals surface area contributed by atoms with Crippen molar-refractivity contribution in [3.63, 3.8) is 0 Å². The molecule has 1 aliphatic heterocycles. The lowest BCUT2D eigenvalue weighted by atomic mass is 9.88. The predicted octanol–water partition coefficient (Wildman–Crippen LogP) is 3.56. The van der Waals surface area contributed by atoms with Gasteiger partial charge in [0.05, 0.1) is 18.3 Å². The Kier molecular flexibility index (Phi) is 6.79. The highest BCUT2D eigenvalue weighted by Crippen LogP contribution is 2.27. The summed E-state index contributed by atoms with van der Waals surface area (Å²) in [5.41, 5.74) is 2.25. The number of aryl methyl sites for hydroxylation is 2. The number of pyridine rings is 1. The summed E-state index contributed by atoms with van der Waals surface area (Å²) in [6.07, 6.45) is 5.53. The van der Waals surface area contributed by atoms with E-state index in [0.29, 0.717) is 36.5 Å². The van der Waals surface area contributed by atoms with Crippen LogP contribution >= 0.6 is 0 Å². The number of hydrogen-bond donors (Lipinski definition) is 3. The van der Waals surface area contributed by atoms with Crippen LogP contribution in [0.25, 0.3) is 5.82 Å². The molecule has 38 heavy (non-hydrogen) atoms. The van der Waals surface area contributed by atoms with Gasteiger partial charge in [0, 0.05) is 48.3 Å². The first-order valence-electron chi connectivity index (χ1n) is 12.6. The number of halogens is 1. The Morgan fingerprint density at radius 3 is 2.55 bits per heavy atom. The van der Waals surface area contributed by atoms with Gasteiger partial charge in [0.15, 0.2) is 17.5 Å². The first-order chi connectivity index (χ1) is 18.2. The molecule has 0 spiro atoms. The molecule has 0 bridgehead atoms.